The van der Waals surface area contributed by atoms with E-state index in [9.17, 15) is 0 Å². The van der Waals surface area contributed by atoms with Gasteiger partial charge < -0.3 is 9.64 Å². The standard InChI is InChI=1S/C19H26N4O/c1-22(2)19-12-16(7-9-21-19)5-6-18-15-23(10-11-24-18)14-17-4-3-8-20-13-17/h3-4,7-9,12-13,18H,5-6,10-11,14-15H2,1-2H3/t18-/m0/s1. The summed E-state index contributed by atoms with van der Waals surface area (Å²) in [7, 11) is 4.04. The van der Waals surface area contributed by atoms with Crippen molar-refractivity contribution in [3.8, 4) is 0 Å². The lowest BCUT2D eigenvalue weighted by atomic mass is 10.1. The molecule has 0 radical (unpaired) electrons. The quantitative estimate of drug-likeness (QED) is 0.815. The van der Waals surface area contributed by atoms with Gasteiger partial charge in [-0.3, -0.25) is 9.88 Å². The van der Waals surface area contributed by atoms with Crippen LogP contribution in [-0.4, -0.2) is 54.8 Å². The van der Waals surface area contributed by atoms with Crippen LogP contribution in [0.3, 0.4) is 0 Å². The number of hydrogen-bond acceptors (Lipinski definition) is 5. The molecule has 1 aliphatic rings. The Morgan fingerprint density at radius 1 is 1.25 bits per heavy atom. The second-order valence-electron chi connectivity index (χ2n) is 6.54. The predicted octanol–water partition coefficient (Wildman–Crippen LogP) is 2.38. The highest BCUT2D eigenvalue weighted by atomic mass is 16.5. The Labute approximate surface area is 144 Å². The molecule has 0 saturated carbocycles. The zero-order valence-electron chi connectivity index (χ0n) is 14.6. The van der Waals surface area contributed by atoms with Gasteiger partial charge in [-0.2, -0.15) is 0 Å². The van der Waals surface area contributed by atoms with Crippen molar-refractivity contribution in [2.75, 3.05) is 38.7 Å². The van der Waals surface area contributed by atoms with Crippen molar-refractivity contribution in [3.63, 3.8) is 0 Å². The van der Waals surface area contributed by atoms with E-state index in [0.29, 0.717) is 6.10 Å². The SMILES string of the molecule is CN(C)c1cc(CC[C@H]2CN(Cc3cccnc3)CCO2)ccn1. The highest BCUT2D eigenvalue weighted by molar-refractivity contribution is 5.39. The molecule has 1 atom stereocenters. The topological polar surface area (TPSA) is 41.5 Å². The monoisotopic (exact) mass is 326 g/mol. The summed E-state index contributed by atoms with van der Waals surface area (Å²) in [5, 5.41) is 0. The normalized spacial score (nSPS) is 18.5. The summed E-state index contributed by atoms with van der Waals surface area (Å²) in [4.78, 5) is 13.1. The van der Waals surface area contributed by atoms with Crippen molar-refractivity contribution in [1.82, 2.24) is 14.9 Å². The molecule has 2 aromatic heterocycles. The molecule has 0 N–H and O–H groups in total. The van der Waals surface area contributed by atoms with Crippen LogP contribution >= 0.6 is 0 Å². The molecule has 2 aromatic rings. The van der Waals surface area contributed by atoms with E-state index in [1.165, 1.54) is 11.1 Å². The predicted molar refractivity (Wildman–Crippen MR) is 96.1 cm³/mol. The van der Waals surface area contributed by atoms with Crippen molar-refractivity contribution >= 4 is 5.82 Å². The van der Waals surface area contributed by atoms with E-state index >= 15 is 0 Å². The summed E-state index contributed by atoms with van der Waals surface area (Å²) in [5.41, 5.74) is 2.59. The van der Waals surface area contributed by atoms with Crippen LogP contribution in [0.2, 0.25) is 0 Å². The molecule has 1 aliphatic heterocycles. The van der Waals surface area contributed by atoms with E-state index in [4.69, 9.17) is 4.74 Å². The van der Waals surface area contributed by atoms with Gasteiger partial charge in [0.2, 0.25) is 0 Å². The van der Waals surface area contributed by atoms with Crippen LogP contribution in [0.1, 0.15) is 17.5 Å². The summed E-state index contributed by atoms with van der Waals surface area (Å²) >= 11 is 0. The maximum absolute atomic E-state index is 5.96. The van der Waals surface area contributed by atoms with Gasteiger partial charge in [0, 0.05) is 52.3 Å². The summed E-state index contributed by atoms with van der Waals surface area (Å²) < 4.78 is 5.96. The molecule has 0 unspecified atom stereocenters. The molecule has 0 aromatic carbocycles. The highest BCUT2D eigenvalue weighted by Crippen LogP contribution is 2.16. The molecule has 0 amide bonds. The fourth-order valence-electron chi connectivity index (χ4n) is 3.04. The molecule has 5 heteroatoms. The summed E-state index contributed by atoms with van der Waals surface area (Å²) in [5.74, 6) is 1.01. The average molecular weight is 326 g/mol. The highest BCUT2D eigenvalue weighted by Gasteiger charge is 2.20. The van der Waals surface area contributed by atoms with Crippen LogP contribution in [0.4, 0.5) is 5.82 Å². The molecular weight excluding hydrogens is 300 g/mol. The van der Waals surface area contributed by atoms with Gasteiger partial charge in [0.1, 0.15) is 5.82 Å². The van der Waals surface area contributed by atoms with Crippen LogP contribution in [-0.2, 0) is 17.7 Å². The van der Waals surface area contributed by atoms with E-state index in [1.807, 2.05) is 43.7 Å². The maximum Gasteiger partial charge on any atom is 0.128 e. The number of aromatic nitrogens is 2. The molecule has 0 bridgehead atoms. The number of pyridine rings is 2. The lowest BCUT2D eigenvalue weighted by Crippen LogP contribution is -2.42. The number of ether oxygens (including phenoxy) is 1. The van der Waals surface area contributed by atoms with Crippen molar-refractivity contribution in [2.45, 2.75) is 25.5 Å². The first kappa shape index (κ1) is 16.9. The third-order valence-electron chi connectivity index (χ3n) is 4.37. The minimum Gasteiger partial charge on any atom is -0.376 e. The van der Waals surface area contributed by atoms with E-state index < -0.39 is 0 Å². The lowest BCUT2D eigenvalue weighted by molar-refractivity contribution is -0.0346. The number of rotatable bonds is 6. The van der Waals surface area contributed by atoms with E-state index in [0.717, 1.165) is 44.9 Å². The number of morpholine rings is 1. The second kappa shape index (κ2) is 8.22. The Morgan fingerprint density at radius 2 is 2.17 bits per heavy atom. The molecular formula is C19H26N4O. The van der Waals surface area contributed by atoms with Gasteiger partial charge in [-0.05, 0) is 42.2 Å². The maximum atomic E-state index is 5.96. The minimum absolute atomic E-state index is 0.298. The van der Waals surface area contributed by atoms with Gasteiger partial charge in [-0.1, -0.05) is 6.07 Å². The first-order chi connectivity index (χ1) is 11.7. The molecule has 128 valence electrons. The fraction of sp³-hybridized carbons (Fsp3) is 0.474. The summed E-state index contributed by atoms with van der Waals surface area (Å²) in [6, 6.07) is 8.40. The number of hydrogen-bond donors (Lipinski definition) is 0. The first-order valence-electron chi connectivity index (χ1n) is 8.56. The Kier molecular flexibility index (Phi) is 5.77. The fourth-order valence-corrected chi connectivity index (χ4v) is 3.04. The number of nitrogens with zero attached hydrogens (tertiary/aromatic N) is 4. The second-order valence-corrected chi connectivity index (χ2v) is 6.54. The van der Waals surface area contributed by atoms with E-state index in [-0.39, 0.29) is 0 Å². The molecule has 3 heterocycles. The Morgan fingerprint density at radius 3 is 2.96 bits per heavy atom. The molecule has 0 spiro atoms. The molecule has 1 fully saturated rings. The molecule has 1 saturated heterocycles. The largest absolute Gasteiger partial charge is 0.376 e. The van der Waals surface area contributed by atoms with Gasteiger partial charge in [0.25, 0.3) is 0 Å². The average Bonchev–Trinajstić information content (AvgIpc) is 2.61. The summed E-state index contributed by atoms with van der Waals surface area (Å²) in [6.07, 6.45) is 8.02. The molecule has 5 nitrogen and oxygen atoms in total. The molecule has 0 aliphatic carbocycles. The first-order valence-corrected chi connectivity index (χ1v) is 8.56. The van der Waals surface area contributed by atoms with Crippen molar-refractivity contribution < 1.29 is 4.74 Å². The Bertz CT molecular complexity index is 632. The zero-order chi connectivity index (χ0) is 16.8. The van der Waals surface area contributed by atoms with E-state index in [2.05, 4.69) is 33.1 Å². The molecule has 24 heavy (non-hydrogen) atoms. The van der Waals surface area contributed by atoms with Crippen LogP contribution in [0, 0.1) is 0 Å². The van der Waals surface area contributed by atoms with Crippen molar-refractivity contribution in [1.29, 1.82) is 0 Å². The van der Waals surface area contributed by atoms with Gasteiger partial charge >= 0.3 is 0 Å². The van der Waals surface area contributed by atoms with Gasteiger partial charge in [0.05, 0.1) is 12.7 Å². The van der Waals surface area contributed by atoms with Gasteiger partial charge in [0.15, 0.2) is 0 Å². The smallest absolute Gasteiger partial charge is 0.128 e. The van der Waals surface area contributed by atoms with E-state index in [1.54, 1.807) is 0 Å². The van der Waals surface area contributed by atoms with Gasteiger partial charge in [-0.25, -0.2) is 4.98 Å². The van der Waals surface area contributed by atoms with Crippen LogP contribution in [0.5, 0.6) is 0 Å². The third-order valence-corrected chi connectivity index (χ3v) is 4.37. The van der Waals surface area contributed by atoms with Crippen LogP contribution in [0.15, 0.2) is 42.9 Å². The number of aryl methyl sites for hydroxylation is 1. The van der Waals surface area contributed by atoms with Crippen molar-refractivity contribution in [3.05, 3.63) is 54.0 Å². The van der Waals surface area contributed by atoms with Crippen molar-refractivity contribution in [2.24, 2.45) is 0 Å². The summed E-state index contributed by atoms with van der Waals surface area (Å²) in [6.45, 7) is 3.74. The number of anilines is 1. The third kappa shape index (κ3) is 4.76. The molecule has 3 rings (SSSR count). The van der Waals surface area contributed by atoms with Gasteiger partial charge in [-0.15, -0.1) is 0 Å². The lowest BCUT2D eigenvalue weighted by Gasteiger charge is -2.33. The Balaban J connectivity index is 1.51. The van der Waals surface area contributed by atoms with Crippen LogP contribution < -0.4 is 4.90 Å². The zero-order valence-corrected chi connectivity index (χ0v) is 14.6. The van der Waals surface area contributed by atoms with Crippen LogP contribution in [0.25, 0.3) is 0 Å². The Hall–Kier alpha value is -1.98. The minimum atomic E-state index is 0.298.